The van der Waals surface area contributed by atoms with E-state index in [0.717, 1.165) is 17.5 Å². The third-order valence-electron chi connectivity index (χ3n) is 5.77. The number of sulfonamides is 1. The van der Waals surface area contributed by atoms with Crippen LogP contribution in [-0.4, -0.2) is 51.7 Å². The van der Waals surface area contributed by atoms with E-state index in [4.69, 9.17) is 9.47 Å². The van der Waals surface area contributed by atoms with E-state index >= 15 is 0 Å². The van der Waals surface area contributed by atoms with Gasteiger partial charge in [-0.3, -0.25) is 4.79 Å². The smallest absolute Gasteiger partial charge is 0.224 e. The van der Waals surface area contributed by atoms with Gasteiger partial charge in [0.1, 0.15) is 0 Å². The van der Waals surface area contributed by atoms with Gasteiger partial charge >= 0.3 is 0 Å². The number of carbonyl (C=O) groups is 1. The van der Waals surface area contributed by atoms with Gasteiger partial charge in [-0.15, -0.1) is 0 Å². The first-order valence-electron chi connectivity index (χ1n) is 10.9. The third kappa shape index (κ3) is 6.46. The molecule has 7 nitrogen and oxygen atoms in total. The molecule has 8 heteroatoms. The first-order valence-corrected chi connectivity index (χ1v) is 12.5. The number of aryl methyl sites for hydroxylation is 1. The number of carbonyl (C=O) groups excluding carboxylic acids is 1. The maximum absolute atomic E-state index is 12.8. The summed E-state index contributed by atoms with van der Waals surface area (Å²) in [5.74, 6) is 0.867. The van der Waals surface area contributed by atoms with E-state index in [-0.39, 0.29) is 24.1 Å². The average molecular weight is 461 g/mol. The first kappa shape index (κ1) is 24.1. The number of nitrogens with zero attached hydrogens (tertiary/aromatic N) is 1. The van der Waals surface area contributed by atoms with Crippen molar-refractivity contribution in [3.63, 3.8) is 0 Å². The molecule has 1 amide bonds. The van der Waals surface area contributed by atoms with Crippen LogP contribution in [0.4, 0.5) is 0 Å². The van der Waals surface area contributed by atoms with E-state index in [9.17, 15) is 13.2 Å². The van der Waals surface area contributed by atoms with Crippen LogP contribution in [0.2, 0.25) is 0 Å². The second kappa shape index (κ2) is 11.3. The van der Waals surface area contributed by atoms with Gasteiger partial charge in [-0.2, -0.15) is 0 Å². The molecule has 0 radical (unpaired) electrons. The SMILES string of the molecule is COc1ccc(CNC(=O)[C@H]2CCCN(S(=O)(=O)CCCc3ccccc3)C2)cc1OC. The molecule has 0 bridgehead atoms. The molecule has 2 aromatic carbocycles. The van der Waals surface area contributed by atoms with Gasteiger partial charge in [0, 0.05) is 19.6 Å². The number of benzene rings is 2. The zero-order valence-corrected chi connectivity index (χ0v) is 19.6. The van der Waals surface area contributed by atoms with Gasteiger partial charge in [0.05, 0.1) is 25.9 Å². The summed E-state index contributed by atoms with van der Waals surface area (Å²) in [6, 6.07) is 15.4. The lowest BCUT2D eigenvalue weighted by Crippen LogP contribution is -2.46. The Balaban J connectivity index is 1.51. The molecule has 2 aromatic rings. The normalized spacial score (nSPS) is 17.0. The molecule has 0 unspecified atom stereocenters. The standard InChI is InChI=1S/C24H32N2O5S/c1-30-22-13-12-20(16-23(22)31-2)17-25-24(27)21-11-6-14-26(18-21)32(28,29)15-7-10-19-8-4-3-5-9-19/h3-5,8-9,12-13,16,21H,6-7,10-11,14-15,17-18H2,1-2H3,(H,25,27)/t21-/m0/s1. The van der Waals surface area contributed by atoms with Gasteiger partial charge < -0.3 is 14.8 Å². The minimum absolute atomic E-state index is 0.0991. The number of amides is 1. The van der Waals surface area contributed by atoms with Gasteiger partial charge in [-0.25, -0.2) is 12.7 Å². The van der Waals surface area contributed by atoms with Crippen molar-refractivity contribution in [3.8, 4) is 11.5 Å². The van der Waals surface area contributed by atoms with Crippen molar-refractivity contribution in [2.45, 2.75) is 32.2 Å². The molecule has 1 saturated heterocycles. The highest BCUT2D eigenvalue weighted by atomic mass is 32.2. The summed E-state index contributed by atoms with van der Waals surface area (Å²) in [7, 11) is -0.241. The Labute approximate surface area is 190 Å². The van der Waals surface area contributed by atoms with E-state index in [1.165, 1.54) is 4.31 Å². The molecule has 1 heterocycles. The van der Waals surface area contributed by atoms with E-state index in [1.807, 2.05) is 42.5 Å². The van der Waals surface area contributed by atoms with Gasteiger partial charge in [0.25, 0.3) is 0 Å². The number of hydrogen-bond donors (Lipinski definition) is 1. The Hall–Kier alpha value is -2.58. The van der Waals surface area contributed by atoms with Crippen LogP contribution in [-0.2, 0) is 27.8 Å². The van der Waals surface area contributed by atoms with Crippen LogP contribution in [0.15, 0.2) is 48.5 Å². The molecule has 174 valence electrons. The zero-order valence-electron chi connectivity index (χ0n) is 18.7. The van der Waals surface area contributed by atoms with Crippen LogP contribution >= 0.6 is 0 Å². The molecule has 1 N–H and O–H groups in total. The van der Waals surface area contributed by atoms with Crippen LogP contribution in [0.5, 0.6) is 11.5 Å². The molecule has 32 heavy (non-hydrogen) atoms. The lowest BCUT2D eigenvalue weighted by atomic mass is 9.98. The Kier molecular flexibility index (Phi) is 8.53. The van der Waals surface area contributed by atoms with Gasteiger partial charge in [0.15, 0.2) is 11.5 Å². The highest BCUT2D eigenvalue weighted by Gasteiger charge is 2.32. The molecule has 0 aromatic heterocycles. The topological polar surface area (TPSA) is 84.9 Å². The second-order valence-corrected chi connectivity index (χ2v) is 10.1. The summed E-state index contributed by atoms with van der Waals surface area (Å²) < 4.78 is 37.7. The lowest BCUT2D eigenvalue weighted by Gasteiger charge is -2.31. The number of rotatable bonds is 10. The van der Waals surface area contributed by atoms with E-state index in [0.29, 0.717) is 43.9 Å². The number of nitrogens with one attached hydrogen (secondary N) is 1. The Bertz CT molecular complexity index is 995. The van der Waals surface area contributed by atoms with Gasteiger partial charge in [0.2, 0.25) is 15.9 Å². The number of methoxy groups -OCH3 is 2. The summed E-state index contributed by atoms with van der Waals surface area (Å²) in [5.41, 5.74) is 2.02. The lowest BCUT2D eigenvalue weighted by molar-refractivity contribution is -0.126. The summed E-state index contributed by atoms with van der Waals surface area (Å²) >= 11 is 0. The Morgan fingerprint density at radius 2 is 1.81 bits per heavy atom. The minimum atomic E-state index is -3.38. The predicted octanol–water partition coefficient (Wildman–Crippen LogP) is 2.99. The number of piperidine rings is 1. The first-order chi connectivity index (χ1) is 15.4. The van der Waals surface area contributed by atoms with Gasteiger partial charge in [-0.1, -0.05) is 36.4 Å². The van der Waals surface area contributed by atoms with Gasteiger partial charge in [-0.05, 0) is 48.9 Å². The second-order valence-electron chi connectivity index (χ2n) is 8.01. The van der Waals surface area contributed by atoms with Crippen molar-refractivity contribution in [2.24, 2.45) is 5.92 Å². The highest BCUT2D eigenvalue weighted by Crippen LogP contribution is 2.27. The predicted molar refractivity (Wildman–Crippen MR) is 124 cm³/mol. The summed E-state index contributed by atoms with van der Waals surface area (Å²) in [6.07, 6.45) is 2.67. The van der Waals surface area contributed by atoms with Crippen LogP contribution < -0.4 is 14.8 Å². The van der Waals surface area contributed by atoms with E-state index in [2.05, 4.69) is 5.32 Å². The zero-order chi connectivity index (χ0) is 23.0. The van der Waals surface area contributed by atoms with E-state index in [1.54, 1.807) is 20.3 Å². The molecule has 1 fully saturated rings. The largest absolute Gasteiger partial charge is 0.493 e. The molecule has 0 saturated carbocycles. The van der Waals surface area contributed by atoms with Crippen molar-refractivity contribution in [2.75, 3.05) is 33.1 Å². The molecular formula is C24H32N2O5S. The van der Waals surface area contributed by atoms with Crippen LogP contribution in [0.25, 0.3) is 0 Å². The van der Waals surface area contributed by atoms with E-state index < -0.39 is 10.0 Å². The summed E-state index contributed by atoms with van der Waals surface area (Å²) in [6.45, 7) is 1.07. The fourth-order valence-corrected chi connectivity index (χ4v) is 5.55. The molecule has 1 atom stereocenters. The molecule has 0 aliphatic carbocycles. The van der Waals surface area contributed by atoms with Crippen LogP contribution in [0, 0.1) is 5.92 Å². The number of ether oxygens (including phenoxy) is 2. The Morgan fingerprint density at radius 3 is 2.53 bits per heavy atom. The number of hydrogen-bond acceptors (Lipinski definition) is 5. The van der Waals surface area contributed by atoms with Crippen LogP contribution in [0.1, 0.15) is 30.4 Å². The van der Waals surface area contributed by atoms with Crippen molar-refractivity contribution >= 4 is 15.9 Å². The Morgan fingerprint density at radius 1 is 1.06 bits per heavy atom. The quantitative estimate of drug-likeness (QED) is 0.589. The monoisotopic (exact) mass is 460 g/mol. The highest BCUT2D eigenvalue weighted by molar-refractivity contribution is 7.89. The molecular weight excluding hydrogens is 428 g/mol. The molecule has 1 aliphatic heterocycles. The summed E-state index contributed by atoms with van der Waals surface area (Å²) in [5, 5.41) is 2.94. The molecule has 3 rings (SSSR count). The maximum atomic E-state index is 12.8. The van der Waals surface area contributed by atoms with Crippen molar-refractivity contribution in [1.29, 1.82) is 0 Å². The fraction of sp³-hybridized carbons (Fsp3) is 0.458. The molecule has 0 spiro atoms. The van der Waals surface area contributed by atoms with Crippen molar-refractivity contribution in [1.82, 2.24) is 9.62 Å². The molecule has 1 aliphatic rings. The van der Waals surface area contributed by atoms with Crippen LogP contribution in [0.3, 0.4) is 0 Å². The van der Waals surface area contributed by atoms with Crippen molar-refractivity contribution < 1.29 is 22.7 Å². The minimum Gasteiger partial charge on any atom is -0.493 e. The summed E-state index contributed by atoms with van der Waals surface area (Å²) in [4.78, 5) is 12.7. The third-order valence-corrected chi connectivity index (χ3v) is 7.70. The van der Waals surface area contributed by atoms with Crippen molar-refractivity contribution in [3.05, 3.63) is 59.7 Å². The maximum Gasteiger partial charge on any atom is 0.224 e. The fourth-order valence-electron chi connectivity index (χ4n) is 3.97. The average Bonchev–Trinajstić information content (AvgIpc) is 2.83.